The molecular weight excluding hydrogens is 294 g/mol. The van der Waals surface area contributed by atoms with Gasteiger partial charge in [0, 0.05) is 17.3 Å². The summed E-state index contributed by atoms with van der Waals surface area (Å²) in [5, 5.41) is 8.94. The number of anilines is 2. The Morgan fingerprint density at radius 3 is 2.52 bits per heavy atom. The maximum absolute atomic E-state index is 12.2. The standard InChI is InChI=1S/C17H19N3O3/c21-16(12-4-7-18-8-5-12)19-14-2-1-3-15(10-14)20-17(22)13-6-9-23-11-13/h1-3,6,9-12,18H,4-5,7-8H2,(H,19,21)(H,20,22). The Hall–Kier alpha value is -2.60. The summed E-state index contributed by atoms with van der Waals surface area (Å²) in [7, 11) is 0. The zero-order valence-electron chi connectivity index (χ0n) is 12.7. The van der Waals surface area contributed by atoms with E-state index in [9.17, 15) is 9.59 Å². The van der Waals surface area contributed by atoms with Crippen molar-refractivity contribution in [3.63, 3.8) is 0 Å². The second-order valence-electron chi connectivity index (χ2n) is 5.56. The number of nitrogens with one attached hydrogen (secondary N) is 3. The maximum atomic E-state index is 12.2. The van der Waals surface area contributed by atoms with E-state index in [4.69, 9.17) is 4.42 Å². The van der Waals surface area contributed by atoms with Gasteiger partial charge in [-0.15, -0.1) is 0 Å². The van der Waals surface area contributed by atoms with Crippen LogP contribution in [0.2, 0.25) is 0 Å². The van der Waals surface area contributed by atoms with Crippen molar-refractivity contribution in [1.29, 1.82) is 0 Å². The molecule has 0 bridgehead atoms. The third-order valence-electron chi connectivity index (χ3n) is 3.88. The normalized spacial score (nSPS) is 15.1. The number of hydrogen-bond acceptors (Lipinski definition) is 4. The SMILES string of the molecule is O=C(Nc1cccc(NC(=O)C2CCNCC2)c1)c1ccoc1. The maximum Gasteiger partial charge on any atom is 0.258 e. The third kappa shape index (κ3) is 3.98. The minimum absolute atomic E-state index is 0.0322. The Kier molecular flexibility index (Phi) is 4.73. The number of rotatable bonds is 4. The molecule has 2 amide bonds. The molecule has 3 N–H and O–H groups in total. The number of piperidine rings is 1. The lowest BCUT2D eigenvalue weighted by Crippen LogP contribution is -2.34. The fourth-order valence-electron chi connectivity index (χ4n) is 2.60. The largest absolute Gasteiger partial charge is 0.472 e. The number of amides is 2. The molecule has 0 saturated carbocycles. The minimum Gasteiger partial charge on any atom is -0.472 e. The first kappa shape index (κ1) is 15.3. The van der Waals surface area contributed by atoms with Crippen molar-refractivity contribution >= 4 is 23.2 Å². The van der Waals surface area contributed by atoms with E-state index < -0.39 is 0 Å². The predicted octanol–water partition coefficient (Wildman–Crippen LogP) is 2.47. The van der Waals surface area contributed by atoms with Crippen molar-refractivity contribution in [3.8, 4) is 0 Å². The molecule has 0 radical (unpaired) electrons. The summed E-state index contributed by atoms with van der Waals surface area (Å²) < 4.78 is 4.89. The molecule has 0 atom stereocenters. The van der Waals surface area contributed by atoms with E-state index in [0.29, 0.717) is 16.9 Å². The van der Waals surface area contributed by atoms with Crippen LogP contribution in [0.25, 0.3) is 0 Å². The Balaban J connectivity index is 1.62. The molecule has 1 fully saturated rings. The van der Waals surface area contributed by atoms with Gasteiger partial charge in [-0.1, -0.05) is 6.07 Å². The van der Waals surface area contributed by atoms with Crippen LogP contribution in [0.3, 0.4) is 0 Å². The minimum atomic E-state index is -0.249. The lowest BCUT2D eigenvalue weighted by Gasteiger charge is -2.21. The number of hydrogen-bond donors (Lipinski definition) is 3. The van der Waals surface area contributed by atoms with E-state index in [2.05, 4.69) is 16.0 Å². The number of carbonyl (C=O) groups excluding carboxylic acids is 2. The number of furan rings is 1. The zero-order chi connectivity index (χ0) is 16.1. The molecule has 2 heterocycles. The molecule has 3 rings (SSSR count). The summed E-state index contributed by atoms with van der Waals surface area (Å²) in [6.45, 7) is 1.75. The van der Waals surface area contributed by atoms with Crippen LogP contribution < -0.4 is 16.0 Å². The van der Waals surface area contributed by atoms with Crippen LogP contribution in [0.4, 0.5) is 11.4 Å². The topological polar surface area (TPSA) is 83.4 Å². The highest BCUT2D eigenvalue weighted by Crippen LogP contribution is 2.19. The molecule has 1 saturated heterocycles. The van der Waals surface area contributed by atoms with Crippen molar-refractivity contribution in [1.82, 2.24) is 5.32 Å². The predicted molar refractivity (Wildman–Crippen MR) is 87.3 cm³/mol. The van der Waals surface area contributed by atoms with Gasteiger partial charge in [-0.2, -0.15) is 0 Å². The van der Waals surface area contributed by atoms with Crippen LogP contribution in [0.5, 0.6) is 0 Å². The molecule has 6 nitrogen and oxygen atoms in total. The monoisotopic (exact) mass is 313 g/mol. The van der Waals surface area contributed by atoms with Gasteiger partial charge in [0.25, 0.3) is 5.91 Å². The fourth-order valence-corrected chi connectivity index (χ4v) is 2.60. The molecule has 1 aliphatic heterocycles. The summed E-state index contributed by atoms with van der Waals surface area (Å²) in [5.74, 6) is -0.175. The average molecular weight is 313 g/mol. The lowest BCUT2D eigenvalue weighted by molar-refractivity contribution is -0.120. The molecule has 1 aromatic carbocycles. The third-order valence-corrected chi connectivity index (χ3v) is 3.88. The van der Waals surface area contributed by atoms with E-state index >= 15 is 0 Å². The van der Waals surface area contributed by atoms with Crippen LogP contribution in [-0.4, -0.2) is 24.9 Å². The lowest BCUT2D eigenvalue weighted by atomic mass is 9.97. The fraction of sp³-hybridized carbons (Fsp3) is 0.294. The molecule has 6 heteroatoms. The summed E-state index contributed by atoms with van der Waals surface area (Å²) in [4.78, 5) is 24.2. The summed E-state index contributed by atoms with van der Waals surface area (Å²) in [5.41, 5.74) is 1.76. The Morgan fingerprint density at radius 2 is 1.83 bits per heavy atom. The van der Waals surface area contributed by atoms with Crippen LogP contribution >= 0.6 is 0 Å². The van der Waals surface area contributed by atoms with Crippen molar-refractivity contribution in [2.24, 2.45) is 5.92 Å². The molecule has 1 aromatic heterocycles. The van der Waals surface area contributed by atoms with Gasteiger partial charge in [0.1, 0.15) is 6.26 Å². The van der Waals surface area contributed by atoms with Crippen LogP contribution in [-0.2, 0) is 4.79 Å². The molecule has 1 aliphatic rings. The van der Waals surface area contributed by atoms with E-state index in [1.54, 1.807) is 24.3 Å². The first-order chi connectivity index (χ1) is 11.2. The van der Waals surface area contributed by atoms with Gasteiger partial charge >= 0.3 is 0 Å². The molecule has 2 aromatic rings. The number of carbonyl (C=O) groups is 2. The highest BCUT2D eigenvalue weighted by atomic mass is 16.3. The van der Waals surface area contributed by atoms with Crippen molar-refractivity contribution < 1.29 is 14.0 Å². The summed E-state index contributed by atoms with van der Waals surface area (Å²) in [6.07, 6.45) is 4.54. The van der Waals surface area contributed by atoms with Gasteiger partial charge in [0.2, 0.25) is 5.91 Å². The van der Waals surface area contributed by atoms with Gasteiger partial charge in [-0.05, 0) is 50.2 Å². The molecule has 120 valence electrons. The summed E-state index contributed by atoms with van der Waals surface area (Å²) in [6, 6.07) is 8.72. The van der Waals surface area contributed by atoms with Crippen molar-refractivity contribution in [3.05, 3.63) is 48.4 Å². The van der Waals surface area contributed by atoms with Gasteiger partial charge < -0.3 is 20.4 Å². The van der Waals surface area contributed by atoms with Gasteiger partial charge in [0.15, 0.2) is 0 Å². The van der Waals surface area contributed by atoms with E-state index in [1.165, 1.54) is 12.5 Å². The molecule has 23 heavy (non-hydrogen) atoms. The zero-order valence-corrected chi connectivity index (χ0v) is 12.7. The molecular formula is C17H19N3O3. The highest BCUT2D eigenvalue weighted by Gasteiger charge is 2.20. The van der Waals surface area contributed by atoms with Crippen molar-refractivity contribution in [2.45, 2.75) is 12.8 Å². The van der Waals surface area contributed by atoms with Crippen LogP contribution in [0.1, 0.15) is 23.2 Å². The molecule has 0 aliphatic carbocycles. The van der Waals surface area contributed by atoms with Crippen LogP contribution in [0, 0.1) is 5.92 Å². The van der Waals surface area contributed by atoms with Gasteiger partial charge in [-0.25, -0.2) is 0 Å². The average Bonchev–Trinajstić information content (AvgIpc) is 3.10. The van der Waals surface area contributed by atoms with Gasteiger partial charge in [0.05, 0.1) is 11.8 Å². The smallest absolute Gasteiger partial charge is 0.258 e. The molecule has 0 unspecified atom stereocenters. The first-order valence-electron chi connectivity index (χ1n) is 7.67. The van der Waals surface area contributed by atoms with Crippen LogP contribution in [0.15, 0.2) is 47.3 Å². The second kappa shape index (κ2) is 7.11. The Labute approximate surface area is 134 Å². The summed E-state index contributed by atoms with van der Waals surface area (Å²) >= 11 is 0. The van der Waals surface area contributed by atoms with E-state index in [1.807, 2.05) is 6.07 Å². The first-order valence-corrected chi connectivity index (χ1v) is 7.67. The Morgan fingerprint density at radius 1 is 1.09 bits per heavy atom. The van der Waals surface area contributed by atoms with E-state index in [-0.39, 0.29) is 17.7 Å². The highest BCUT2D eigenvalue weighted by molar-refractivity contribution is 6.04. The quantitative estimate of drug-likeness (QED) is 0.809. The Bertz CT molecular complexity index is 676. The molecule has 0 spiro atoms. The van der Waals surface area contributed by atoms with Crippen molar-refractivity contribution in [2.75, 3.05) is 23.7 Å². The van der Waals surface area contributed by atoms with E-state index in [0.717, 1.165) is 25.9 Å². The second-order valence-corrected chi connectivity index (χ2v) is 5.56. The van der Waals surface area contributed by atoms with Gasteiger partial charge in [-0.3, -0.25) is 9.59 Å². The number of benzene rings is 1.